The SMILES string of the molecule is CC(C)n1c(SCC(=O)NCc2cccs2)nnc1N(C)C. The van der Waals surface area contributed by atoms with Crippen LogP contribution in [0, 0.1) is 0 Å². The molecule has 120 valence electrons. The van der Waals surface area contributed by atoms with Gasteiger partial charge in [-0.05, 0) is 25.3 Å². The van der Waals surface area contributed by atoms with Gasteiger partial charge in [0, 0.05) is 25.0 Å². The molecule has 0 saturated heterocycles. The number of carbonyl (C=O) groups is 1. The van der Waals surface area contributed by atoms with E-state index in [0.717, 1.165) is 16.0 Å². The van der Waals surface area contributed by atoms with Gasteiger partial charge in [-0.3, -0.25) is 9.36 Å². The smallest absolute Gasteiger partial charge is 0.230 e. The third-order valence-corrected chi connectivity index (χ3v) is 4.75. The Kier molecular flexibility index (Phi) is 5.84. The number of rotatable bonds is 7. The summed E-state index contributed by atoms with van der Waals surface area (Å²) in [5, 5.41) is 14.1. The highest BCUT2D eigenvalue weighted by Crippen LogP contribution is 2.25. The minimum atomic E-state index is 0.00288. The van der Waals surface area contributed by atoms with Crippen molar-refractivity contribution in [2.75, 3.05) is 24.7 Å². The number of thioether (sulfide) groups is 1. The lowest BCUT2D eigenvalue weighted by Crippen LogP contribution is -2.24. The van der Waals surface area contributed by atoms with Gasteiger partial charge in [0.25, 0.3) is 0 Å². The second-order valence-corrected chi connectivity index (χ2v) is 7.26. The number of nitrogens with one attached hydrogen (secondary N) is 1. The van der Waals surface area contributed by atoms with Gasteiger partial charge in [-0.1, -0.05) is 17.8 Å². The molecule has 1 N–H and O–H groups in total. The van der Waals surface area contributed by atoms with Crippen LogP contribution in [-0.2, 0) is 11.3 Å². The number of hydrogen-bond acceptors (Lipinski definition) is 6. The summed E-state index contributed by atoms with van der Waals surface area (Å²) in [5.74, 6) is 1.14. The summed E-state index contributed by atoms with van der Waals surface area (Å²) in [7, 11) is 3.87. The van der Waals surface area contributed by atoms with Gasteiger partial charge in [0.05, 0.1) is 12.3 Å². The highest BCUT2D eigenvalue weighted by molar-refractivity contribution is 7.99. The first kappa shape index (κ1) is 16.8. The number of aromatic nitrogens is 3. The zero-order valence-electron chi connectivity index (χ0n) is 13.2. The predicted molar refractivity (Wildman–Crippen MR) is 91.6 cm³/mol. The van der Waals surface area contributed by atoms with Crippen molar-refractivity contribution in [1.29, 1.82) is 0 Å². The monoisotopic (exact) mass is 339 g/mol. The molecule has 22 heavy (non-hydrogen) atoms. The van der Waals surface area contributed by atoms with Gasteiger partial charge in [-0.15, -0.1) is 21.5 Å². The largest absolute Gasteiger partial charge is 0.350 e. The van der Waals surface area contributed by atoms with Crippen LogP contribution in [-0.4, -0.2) is 40.5 Å². The average molecular weight is 339 g/mol. The van der Waals surface area contributed by atoms with E-state index in [1.54, 1.807) is 11.3 Å². The lowest BCUT2D eigenvalue weighted by molar-refractivity contribution is -0.118. The van der Waals surface area contributed by atoms with E-state index in [-0.39, 0.29) is 11.9 Å². The van der Waals surface area contributed by atoms with Crippen molar-refractivity contribution in [3.63, 3.8) is 0 Å². The van der Waals surface area contributed by atoms with Crippen LogP contribution < -0.4 is 10.2 Å². The number of carbonyl (C=O) groups excluding carboxylic acids is 1. The molecular weight excluding hydrogens is 318 g/mol. The Morgan fingerprint density at radius 3 is 2.82 bits per heavy atom. The maximum Gasteiger partial charge on any atom is 0.230 e. The lowest BCUT2D eigenvalue weighted by Gasteiger charge is -2.17. The molecule has 0 radical (unpaired) electrons. The first-order valence-corrected chi connectivity index (χ1v) is 8.89. The third kappa shape index (κ3) is 4.23. The van der Waals surface area contributed by atoms with E-state index in [9.17, 15) is 4.79 Å². The minimum Gasteiger partial charge on any atom is -0.350 e. The molecule has 0 unspecified atom stereocenters. The van der Waals surface area contributed by atoms with Gasteiger partial charge >= 0.3 is 0 Å². The van der Waals surface area contributed by atoms with Crippen LogP contribution >= 0.6 is 23.1 Å². The van der Waals surface area contributed by atoms with Gasteiger partial charge in [-0.2, -0.15) is 0 Å². The summed E-state index contributed by atoms with van der Waals surface area (Å²) in [6.45, 7) is 4.74. The molecule has 0 fully saturated rings. The van der Waals surface area contributed by atoms with E-state index in [1.165, 1.54) is 11.8 Å². The number of hydrogen-bond donors (Lipinski definition) is 1. The topological polar surface area (TPSA) is 63.1 Å². The summed E-state index contributed by atoms with van der Waals surface area (Å²) in [4.78, 5) is 15.0. The van der Waals surface area contributed by atoms with Crippen LogP contribution in [0.1, 0.15) is 24.8 Å². The fourth-order valence-electron chi connectivity index (χ4n) is 1.90. The molecule has 0 aliphatic heterocycles. The second-order valence-electron chi connectivity index (χ2n) is 5.29. The molecule has 0 saturated carbocycles. The van der Waals surface area contributed by atoms with Gasteiger partial charge < -0.3 is 10.2 Å². The zero-order valence-corrected chi connectivity index (χ0v) is 14.9. The molecule has 0 aliphatic carbocycles. The van der Waals surface area contributed by atoms with Crippen LogP contribution in [0.3, 0.4) is 0 Å². The molecule has 2 heterocycles. The molecular formula is C14H21N5OS2. The molecule has 0 bridgehead atoms. The van der Waals surface area contributed by atoms with Crippen LogP contribution in [0.2, 0.25) is 0 Å². The Labute approximate surface area is 138 Å². The minimum absolute atomic E-state index is 0.00288. The van der Waals surface area contributed by atoms with E-state index in [1.807, 2.05) is 41.1 Å². The normalized spacial score (nSPS) is 11.0. The fourth-order valence-corrected chi connectivity index (χ4v) is 3.44. The van der Waals surface area contributed by atoms with Gasteiger partial charge in [-0.25, -0.2) is 0 Å². The van der Waals surface area contributed by atoms with E-state index in [0.29, 0.717) is 12.3 Å². The highest BCUT2D eigenvalue weighted by atomic mass is 32.2. The van der Waals surface area contributed by atoms with Crippen molar-refractivity contribution in [3.8, 4) is 0 Å². The zero-order chi connectivity index (χ0) is 16.1. The van der Waals surface area contributed by atoms with E-state index in [4.69, 9.17) is 0 Å². The number of anilines is 1. The molecule has 8 heteroatoms. The molecule has 2 aromatic heterocycles. The first-order valence-electron chi connectivity index (χ1n) is 7.03. The Balaban J connectivity index is 1.92. The maximum atomic E-state index is 11.9. The average Bonchev–Trinajstić information content (AvgIpc) is 3.11. The maximum absolute atomic E-state index is 11.9. The molecule has 0 atom stereocenters. The first-order chi connectivity index (χ1) is 10.5. The summed E-state index contributed by atoms with van der Waals surface area (Å²) < 4.78 is 2.04. The number of amides is 1. The highest BCUT2D eigenvalue weighted by Gasteiger charge is 2.17. The van der Waals surface area contributed by atoms with E-state index < -0.39 is 0 Å². The molecule has 2 aromatic rings. The van der Waals surface area contributed by atoms with Crippen molar-refractivity contribution in [2.45, 2.75) is 31.6 Å². The summed E-state index contributed by atoms with van der Waals surface area (Å²) in [5.41, 5.74) is 0. The Morgan fingerprint density at radius 2 is 2.23 bits per heavy atom. The summed E-state index contributed by atoms with van der Waals surface area (Å²) in [6, 6.07) is 4.23. The molecule has 0 aliphatic rings. The Morgan fingerprint density at radius 1 is 1.45 bits per heavy atom. The van der Waals surface area contributed by atoms with Crippen LogP contribution in [0.15, 0.2) is 22.7 Å². The van der Waals surface area contributed by atoms with Gasteiger partial charge in [0.1, 0.15) is 0 Å². The van der Waals surface area contributed by atoms with Gasteiger partial charge in [0.2, 0.25) is 11.9 Å². The van der Waals surface area contributed by atoms with E-state index in [2.05, 4.69) is 29.4 Å². The van der Waals surface area contributed by atoms with Crippen molar-refractivity contribution in [3.05, 3.63) is 22.4 Å². The Bertz CT molecular complexity index is 607. The second kappa shape index (κ2) is 7.64. The lowest BCUT2D eigenvalue weighted by atomic mass is 10.4. The van der Waals surface area contributed by atoms with Crippen LogP contribution in [0.5, 0.6) is 0 Å². The van der Waals surface area contributed by atoms with Crippen molar-refractivity contribution in [2.24, 2.45) is 0 Å². The summed E-state index contributed by atoms with van der Waals surface area (Å²) in [6.07, 6.45) is 0. The van der Waals surface area contributed by atoms with Crippen molar-refractivity contribution >= 4 is 35.0 Å². The predicted octanol–water partition coefficient (Wildman–Crippen LogP) is 2.40. The van der Waals surface area contributed by atoms with Crippen LogP contribution in [0.4, 0.5) is 5.95 Å². The number of thiophene rings is 1. The molecule has 2 rings (SSSR count). The molecule has 1 amide bonds. The molecule has 0 aromatic carbocycles. The van der Waals surface area contributed by atoms with Crippen molar-refractivity contribution in [1.82, 2.24) is 20.1 Å². The molecule has 0 spiro atoms. The summed E-state index contributed by atoms with van der Waals surface area (Å²) >= 11 is 3.05. The molecule has 6 nitrogen and oxygen atoms in total. The van der Waals surface area contributed by atoms with E-state index >= 15 is 0 Å². The fraction of sp³-hybridized carbons (Fsp3) is 0.500. The third-order valence-electron chi connectivity index (χ3n) is 2.94. The van der Waals surface area contributed by atoms with Crippen LogP contribution in [0.25, 0.3) is 0 Å². The quantitative estimate of drug-likeness (QED) is 0.785. The standard InChI is InChI=1S/C14H21N5OS2/c1-10(2)19-13(18(3)4)16-17-14(19)22-9-12(20)15-8-11-6-5-7-21-11/h5-7,10H,8-9H2,1-4H3,(H,15,20). The van der Waals surface area contributed by atoms with Gasteiger partial charge in [0.15, 0.2) is 5.16 Å². The van der Waals surface area contributed by atoms with Crippen molar-refractivity contribution < 1.29 is 4.79 Å². The number of nitrogens with zero attached hydrogens (tertiary/aromatic N) is 4. The Hall–Kier alpha value is -1.54.